The molecule has 4 heteroatoms. The first kappa shape index (κ1) is 13.1. The Morgan fingerprint density at radius 1 is 1.15 bits per heavy atom. The van der Waals surface area contributed by atoms with E-state index in [9.17, 15) is 4.39 Å². The van der Waals surface area contributed by atoms with Crippen LogP contribution in [0.1, 0.15) is 5.56 Å². The van der Waals surface area contributed by atoms with E-state index in [0.29, 0.717) is 15.7 Å². The van der Waals surface area contributed by atoms with Gasteiger partial charge in [-0.3, -0.25) is 0 Å². The summed E-state index contributed by atoms with van der Waals surface area (Å²) in [5.41, 5.74) is 10.1. The number of halogens is 2. The molecular formula is C16H12BrFN2. The fourth-order valence-corrected chi connectivity index (χ4v) is 2.60. The Bertz CT molecular complexity index is 801. The first-order chi connectivity index (χ1) is 9.58. The molecule has 0 saturated heterocycles. The molecule has 3 aromatic rings. The fraction of sp³-hybridized carbons (Fsp3) is 0.0625. The van der Waals surface area contributed by atoms with Crippen LogP contribution in [0.3, 0.4) is 0 Å². The predicted octanol–water partition coefficient (Wildman–Crippen LogP) is 4.69. The number of benzene rings is 2. The Morgan fingerprint density at radius 3 is 2.55 bits per heavy atom. The summed E-state index contributed by atoms with van der Waals surface area (Å²) in [4.78, 5) is 4.57. The summed E-state index contributed by atoms with van der Waals surface area (Å²) in [7, 11) is 0. The molecule has 1 aromatic heterocycles. The maximum Gasteiger partial charge on any atom is 0.139 e. The van der Waals surface area contributed by atoms with Gasteiger partial charge in [0, 0.05) is 22.7 Å². The first-order valence-electron chi connectivity index (χ1n) is 6.18. The van der Waals surface area contributed by atoms with Gasteiger partial charge in [-0.2, -0.15) is 0 Å². The average Bonchev–Trinajstić information content (AvgIpc) is 2.46. The molecular weight excluding hydrogens is 319 g/mol. The second kappa shape index (κ2) is 4.87. The van der Waals surface area contributed by atoms with Crippen LogP contribution in [-0.2, 0) is 0 Å². The van der Waals surface area contributed by atoms with Crippen LogP contribution < -0.4 is 5.73 Å². The highest BCUT2D eigenvalue weighted by molar-refractivity contribution is 9.10. The molecule has 2 aromatic carbocycles. The summed E-state index contributed by atoms with van der Waals surface area (Å²) in [6, 6.07) is 12.8. The Balaban J connectivity index is 2.36. The summed E-state index contributed by atoms with van der Waals surface area (Å²) in [5.74, 6) is -0.340. The van der Waals surface area contributed by atoms with Crippen LogP contribution in [0.15, 0.2) is 46.9 Å². The van der Waals surface area contributed by atoms with Crippen molar-refractivity contribution in [2.24, 2.45) is 0 Å². The standard InChI is InChI=1S/C16H12BrFN2/c1-9-15(19)11-7-12(17)13(18)8-14(11)20-16(9)10-5-3-2-4-6-10/h2-8H,1H3,(H2,19,20). The van der Waals surface area contributed by atoms with E-state index >= 15 is 0 Å². The van der Waals surface area contributed by atoms with Crippen molar-refractivity contribution in [3.63, 3.8) is 0 Å². The van der Waals surface area contributed by atoms with Gasteiger partial charge < -0.3 is 5.73 Å². The van der Waals surface area contributed by atoms with Crippen molar-refractivity contribution < 1.29 is 4.39 Å². The van der Waals surface area contributed by atoms with Gasteiger partial charge in [-0.15, -0.1) is 0 Å². The van der Waals surface area contributed by atoms with Crippen molar-refractivity contribution in [3.8, 4) is 11.3 Å². The Hall–Kier alpha value is -1.94. The number of nitrogen functional groups attached to an aromatic ring is 1. The maximum atomic E-state index is 13.7. The van der Waals surface area contributed by atoms with Gasteiger partial charge in [-0.1, -0.05) is 30.3 Å². The van der Waals surface area contributed by atoms with Gasteiger partial charge in [0.05, 0.1) is 15.7 Å². The second-order valence-corrected chi connectivity index (χ2v) is 5.50. The number of fused-ring (bicyclic) bond motifs is 1. The molecule has 0 unspecified atom stereocenters. The van der Waals surface area contributed by atoms with Crippen LogP contribution in [0.5, 0.6) is 0 Å². The van der Waals surface area contributed by atoms with Crippen LogP contribution in [-0.4, -0.2) is 4.98 Å². The summed E-state index contributed by atoms with van der Waals surface area (Å²) in [5, 5.41) is 0.760. The van der Waals surface area contributed by atoms with E-state index in [-0.39, 0.29) is 5.82 Å². The molecule has 0 aliphatic carbocycles. The van der Waals surface area contributed by atoms with Crippen molar-refractivity contribution in [2.75, 3.05) is 5.73 Å². The van der Waals surface area contributed by atoms with E-state index in [0.717, 1.165) is 22.2 Å². The van der Waals surface area contributed by atoms with E-state index in [1.54, 1.807) is 6.07 Å². The van der Waals surface area contributed by atoms with E-state index < -0.39 is 0 Å². The molecule has 2 nitrogen and oxygen atoms in total. The zero-order valence-corrected chi connectivity index (χ0v) is 12.4. The molecule has 20 heavy (non-hydrogen) atoms. The minimum Gasteiger partial charge on any atom is -0.398 e. The molecule has 0 spiro atoms. The number of nitrogens with zero attached hydrogens (tertiary/aromatic N) is 1. The van der Waals surface area contributed by atoms with Crippen molar-refractivity contribution in [2.45, 2.75) is 6.92 Å². The van der Waals surface area contributed by atoms with E-state index in [4.69, 9.17) is 5.73 Å². The molecule has 0 amide bonds. The minimum atomic E-state index is -0.340. The van der Waals surface area contributed by atoms with Crippen molar-refractivity contribution in [3.05, 3.63) is 58.3 Å². The van der Waals surface area contributed by atoms with Crippen LogP contribution in [0.25, 0.3) is 22.2 Å². The third-order valence-electron chi connectivity index (χ3n) is 3.37. The number of aromatic nitrogens is 1. The molecule has 0 aliphatic heterocycles. The Kier molecular flexibility index (Phi) is 3.18. The highest BCUT2D eigenvalue weighted by Crippen LogP contribution is 2.33. The van der Waals surface area contributed by atoms with Gasteiger partial charge in [0.1, 0.15) is 5.82 Å². The molecule has 0 saturated carbocycles. The maximum absolute atomic E-state index is 13.7. The zero-order chi connectivity index (χ0) is 14.3. The normalized spacial score (nSPS) is 10.9. The molecule has 0 bridgehead atoms. The highest BCUT2D eigenvalue weighted by Gasteiger charge is 2.13. The molecule has 2 N–H and O–H groups in total. The number of hydrogen-bond donors (Lipinski definition) is 1. The lowest BCUT2D eigenvalue weighted by Crippen LogP contribution is -1.98. The van der Waals surface area contributed by atoms with Gasteiger partial charge in [0.2, 0.25) is 0 Å². The van der Waals surface area contributed by atoms with Crippen LogP contribution in [0.4, 0.5) is 10.1 Å². The lowest BCUT2D eigenvalue weighted by Gasteiger charge is -2.12. The van der Waals surface area contributed by atoms with Crippen molar-refractivity contribution in [1.29, 1.82) is 0 Å². The number of anilines is 1. The molecule has 0 atom stereocenters. The third-order valence-corrected chi connectivity index (χ3v) is 3.98. The number of pyridine rings is 1. The largest absolute Gasteiger partial charge is 0.398 e. The lowest BCUT2D eigenvalue weighted by atomic mass is 10.0. The van der Waals surface area contributed by atoms with Crippen molar-refractivity contribution >= 4 is 32.5 Å². The number of rotatable bonds is 1. The molecule has 3 rings (SSSR count). The van der Waals surface area contributed by atoms with Gasteiger partial charge in [-0.05, 0) is 34.5 Å². The average molecular weight is 331 g/mol. The van der Waals surface area contributed by atoms with E-state index in [2.05, 4.69) is 20.9 Å². The Labute approximate surface area is 124 Å². The van der Waals surface area contributed by atoms with Crippen molar-refractivity contribution in [1.82, 2.24) is 4.98 Å². The topological polar surface area (TPSA) is 38.9 Å². The second-order valence-electron chi connectivity index (χ2n) is 4.65. The molecule has 0 radical (unpaired) electrons. The quantitative estimate of drug-likeness (QED) is 0.702. The van der Waals surface area contributed by atoms with Crippen LogP contribution in [0, 0.1) is 12.7 Å². The number of hydrogen-bond acceptors (Lipinski definition) is 2. The van der Waals surface area contributed by atoms with Gasteiger partial charge in [0.25, 0.3) is 0 Å². The fourth-order valence-electron chi connectivity index (χ4n) is 2.26. The van der Waals surface area contributed by atoms with Crippen LogP contribution >= 0.6 is 15.9 Å². The SMILES string of the molecule is Cc1c(-c2ccccc2)nc2cc(F)c(Br)cc2c1N. The summed E-state index contributed by atoms with van der Waals surface area (Å²) in [6.45, 7) is 1.93. The minimum absolute atomic E-state index is 0.340. The van der Waals surface area contributed by atoms with E-state index in [1.165, 1.54) is 6.07 Å². The molecule has 0 fully saturated rings. The Morgan fingerprint density at radius 2 is 1.85 bits per heavy atom. The van der Waals surface area contributed by atoms with Gasteiger partial charge in [-0.25, -0.2) is 9.37 Å². The summed E-state index contributed by atoms with van der Waals surface area (Å²) in [6.07, 6.45) is 0. The van der Waals surface area contributed by atoms with Crippen LogP contribution in [0.2, 0.25) is 0 Å². The van der Waals surface area contributed by atoms with Gasteiger partial charge >= 0.3 is 0 Å². The summed E-state index contributed by atoms with van der Waals surface area (Å²) < 4.78 is 14.1. The number of nitrogens with two attached hydrogens (primary N) is 1. The predicted molar refractivity (Wildman–Crippen MR) is 84.0 cm³/mol. The lowest BCUT2D eigenvalue weighted by molar-refractivity contribution is 0.623. The van der Waals surface area contributed by atoms with Gasteiger partial charge in [0.15, 0.2) is 0 Å². The smallest absolute Gasteiger partial charge is 0.139 e. The molecule has 0 aliphatic rings. The summed E-state index contributed by atoms with van der Waals surface area (Å²) >= 11 is 3.18. The first-order valence-corrected chi connectivity index (χ1v) is 6.97. The third kappa shape index (κ3) is 2.06. The molecule has 1 heterocycles. The molecule has 100 valence electrons. The van der Waals surface area contributed by atoms with E-state index in [1.807, 2.05) is 37.3 Å². The monoisotopic (exact) mass is 330 g/mol. The highest BCUT2D eigenvalue weighted by atomic mass is 79.9. The zero-order valence-electron chi connectivity index (χ0n) is 10.8.